The third-order valence-corrected chi connectivity index (χ3v) is 2.92. The molecule has 1 heterocycles. The molecule has 0 aliphatic carbocycles. The molecule has 104 valence electrons. The molecule has 2 aromatic rings. The lowest BCUT2D eigenvalue weighted by molar-refractivity contribution is -0.137. The van der Waals surface area contributed by atoms with Gasteiger partial charge in [0.25, 0.3) is 0 Å². The van der Waals surface area contributed by atoms with Crippen LogP contribution in [0.25, 0.3) is 11.1 Å². The van der Waals surface area contributed by atoms with Crippen molar-refractivity contribution in [2.45, 2.75) is 6.18 Å². The van der Waals surface area contributed by atoms with Gasteiger partial charge in [-0.05, 0) is 11.6 Å². The van der Waals surface area contributed by atoms with Crippen molar-refractivity contribution in [3.05, 3.63) is 52.8 Å². The molecular formula is C13H7ClF3NO2. The van der Waals surface area contributed by atoms with Gasteiger partial charge in [0.1, 0.15) is 0 Å². The summed E-state index contributed by atoms with van der Waals surface area (Å²) in [4.78, 5) is 14.8. The highest BCUT2D eigenvalue weighted by molar-refractivity contribution is 6.34. The van der Waals surface area contributed by atoms with E-state index in [4.69, 9.17) is 16.7 Å². The second kappa shape index (κ2) is 5.13. The van der Waals surface area contributed by atoms with Crippen molar-refractivity contribution in [3.8, 4) is 11.1 Å². The summed E-state index contributed by atoms with van der Waals surface area (Å²) in [6.07, 6.45) is -2.47. The number of alkyl halides is 3. The van der Waals surface area contributed by atoms with Gasteiger partial charge in [0, 0.05) is 18.0 Å². The van der Waals surface area contributed by atoms with Crippen LogP contribution < -0.4 is 0 Å². The third kappa shape index (κ3) is 2.60. The summed E-state index contributed by atoms with van der Waals surface area (Å²) in [5.74, 6) is -1.41. The number of hydrogen-bond donors (Lipinski definition) is 1. The fourth-order valence-corrected chi connectivity index (χ4v) is 2.06. The van der Waals surface area contributed by atoms with E-state index in [2.05, 4.69) is 4.98 Å². The van der Waals surface area contributed by atoms with E-state index in [-0.39, 0.29) is 16.1 Å². The lowest BCUT2D eigenvalue weighted by atomic mass is 9.97. The first-order valence-electron chi connectivity index (χ1n) is 5.35. The van der Waals surface area contributed by atoms with Crippen LogP contribution in [0, 0.1) is 0 Å². The van der Waals surface area contributed by atoms with Crippen LogP contribution in [0.4, 0.5) is 13.2 Å². The minimum Gasteiger partial charge on any atom is -0.478 e. The van der Waals surface area contributed by atoms with Gasteiger partial charge in [-0.2, -0.15) is 13.2 Å². The lowest BCUT2D eigenvalue weighted by Gasteiger charge is -2.14. The summed E-state index contributed by atoms with van der Waals surface area (Å²) in [7, 11) is 0. The Labute approximate surface area is 116 Å². The molecule has 1 aromatic carbocycles. The van der Waals surface area contributed by atoms with Crippen LogP contribution in [0.1, 0.15) is 15.9 Å². The quantitative estimate of drug-likeness (QED) is 0.907. The average molecular weight is 302 g/mol. The Kier molecular flexibility index (Phi) is 3.67. The number of nitrogens with zero attached hydrogens (tertiary/aromatic N) is 1. The molecule has 0 atom stereocenters. The maximum atomic E-state index is 13.0. The van der Waals surface area contributed by atoms with E-state index in [0.717, 1.165) is 18.5 Å². The average Bonchev–Trinajstić information content (AvgIpc) is 2.37. The van der Waals surface area contributed by atoms with E-state index in [1.807, 2.05) is 0 Å². The maximum Gasteiger partial charge on any atom is 0.417 e. The van der Waals surface area contributed by atoms with E-state index < -0.39 is 23.3 Å². The second-order valence-corrected chi connectivity index (χ2v) is 4.30. The third-order valence-electron chi connectivity index (χ3n) is 2.64. The molecule has 0 bridgehead atoms. The van der Waals surface area contributed by atoms with Crippen molar-refractivity contribution >= 4 is 17.6 Å². The number of halogens is 4. The van der Waals surface area contributed by atoms with Gasteiger partial charge in [-0.25, -0.2) is 4.79 Å². The van der Waals surface area contributed by atoms with Crippen molar-refractivity contribution in [3.63, 3.8) is 0 Å². The molecular weight excluding hydrogens is 295 g/mol. The maximum absolute atomic E-state index is 13.0. The Bertz CT molecular complexity index is 671. The van der Waals surface area contributed by atoms with Gasteiger partial charge < -0.3 is 5.11 Å². The monoisotopic (exact) mass is 301 g/mol. The molecule has 20 heavy (non-hydrogen) atoms. The minimum atomic E-state index is -4.60. The zero-order valence-corrected chi connectivity index (χ0v) is 10.5. The molecule has 0 radical (unpaired) electrons. The highest BCUT2D eigenvalue weighted by atomic mass is 35.5. The summed E-state index contributed by atoms with van der Waals surface area (Å²) < 4.78 is 38.9. The first-order valence-corrected chi connectivity index (χ1v) is 5.73. The molecule has 1 N–H and O–H groups in total. The molecule has 3 nitrogen and oxygen atoms in total. The Hall–Kier alpha value is -2.08. The highest BCUT2D eigenvalue weighted by Crippen LogP contribution is 2.38. The molecule has 0 aliphatic rings. The summed E-state index contributed by atoms with van der Waals surface area (Å²) in [5, 5.41) is 8.89. The summed E-state index contributed by atoms with van der Waals surface area (Å²) in [5.41, 5.74) is -1.78. The zero-order chi connectivity index (χ0) is 14.9. The predicted molar refractivity (Wildman–Crippen MR) is 66.6 cm³/mol. The van der Waals surface area contributed by atoms with Crippen molar-refractivity contribution in [1.82, 2.24) is 4.98 Å². The van der Waals surface area contributed by atoms with Gasteiger partial charge in [0.05, 0.1) is 16.1 Å². The van der Waals surface area contributed by atoms with E-state index in [1.54, 1.807) is 0 Å². The van der Waals surface area contributed by atoms with Crippen LogP contribution in [0.2, 0.25) is 5.02 Å². The Balaban J connectivity index is 2.77. The largest absolute Gasteiger partial charge is 0.478 e. The number of carboxylic acids is 1. The number of aromatic carboxylic acids is 1. The minimum absolute atomic E-state index is 0.169. The van der Waals surface area contributed by atoms with Crippen molar-refractivity contribution in [2.24, 2.45) is 0 Å². The van der Waals surface area contributed by atoms with Crippen LogP contribution in [-0.2, 0) is 6.18 Å². The van der Waals surface area contributed by atoms with Crippen molar-refractivity contribution < 1.29 is 23.1 Å². The predicted octanol–water partition coefficient (Wildman–Crippen LogP) is 4.12. The molecule has 0 spiro atoms. The van der Waals surface area contributed by atoms with Gasteiger partial charge in [-0.15, -0.1) is 0 Å². The molecule has 7 heteroatoms. The molecule has 1 aromatic heterocycles. The van der Waals surface area contributed by atoms with Gasteiger partial charge in [0.2, 0.25) is 0 Å². The number of benzene rings is 1. The first kappa shape index (κ1) is 14.3. The molecule has 0 amide bonds. The number of aromatic nitrogens is 1. The van der Waals surface area contributed by atoms with Gasteiger partial charge in [0.15, 0.2) is 0 Å². The number of carboxylic acid groups (broad SMARTS) is 1. The van der Waals surface area contributed by atoms with Crippen LogP contribution >= 0.6 is 11.6 Å². The number of hydrogen-bond acceptors (Lipinski definition) is 2. The standard InChI is InChI=1S/C13H7ClF3NO2/c14-10-6-18-5-8(11(10)12(19)20)7-3-1-2-4-9(7)13(15,16)17/h1-6H,(H,19,20). The van der Waals surface area contributed by atoms with E-state index in [9.17, 15) is 18.0 Å². The highest BCUT2D eigenvalue weighted by Gasteiger charge is 2.34. The van der Waals surface area contributed by atoms with Crippen molar-refractivity contribution in [2.75, 3.05) is 0 Å². The summed E-state index contributed by atoms with van der Waals surface area (Å²) in [6, 6.07) is 4.67. The SMILES string of the molecule is O=C(O)c1c(Cl)cncc1-c1ccccc1C(F)(F)F. The Morgan fingerprint density at radius 3 is 2.40 bits per heavy atom. The Morgan fingerprint density at radius 1 is 1.15 bits per heavy atom. The lowest BCUT2D eigenvalue weighted by Crippen LogP contribution is -2.09. The number of carbonyl (C=O) groups is 1. The summed E-state index contributed by atoms with van der Waals surface area (Å²) in [6.45, 7) is 0. The van der Waals surface area contributed by atoms with E-state index in [1.165, 1.54) is 18.2 Å². The molecule has 2 rings (SSSR count). The van der Waals surface area contributed by atoms with E-state index >= 15 is 0 Å². The first-order chi connectivity index (χ1) is 9.32. The second-order valence-electron chi connectivity index (χ2n) is 3.89. The van der Waals surface area contributed by atoms with Gasteiger partial charge in [-0.3, -0.25) is 4.98 Å². The zero-order valence-electron chi connectivity index (χ0n) is 9.78. The smallest absolute Gasteiger partial charge is 0.417 e. The fourth-order valence-electron chi connectivity index (χ4n) is 1.82. The topological polar surface area (TPSA) is 50.2 Å². The molecule has 0 saturated heterocycles. The normalized spacial score (nSPS) is 11.4. The van der Waals surface area contributed by atoms with Crippen LogP contribution in [0.5, 0.6) is 0 Å². The molecule has 0 aliphatic heterocycles. The molecule has 0 fully saturated rings. The fraction of sp³-hybridized carbons (Fsp3) is 0.0769. The number of pyridine rings is 1. The molecule has 0 unspecified atom stereocenters. The Morgan fingerprint density at radius 2 is 1.80 bits per heavy atom. The van der Waals surface area contributed by atoms with Crippen molar-refractivity contribution in [1.29, 1.82) is 0 Å². The van der Waals surface area contributed by atoms with Crippen LogP contribution in [0.15, 0.2) is 36.7 Å². The van der Waals surface area contributed by atoms with Gasteiger partial charge >= 0.3 is 12.1 Å². The summed E-state index contributed by atoms with van der Waals surface area (Å²) >= 11 is 5.72. The van der Waals surface area contributed by atoms with Crippen LogP contribution in [-0.4, -0.2) is 16.1 Å². The van der Waals surface area contributed by atoms with E-state index in [0.29, 0.717) is 0 Å². The van der Waals surface area contributed by atoms with Gasteiger partial charge in [-0.1, -0.05) is 29.8 Å². The number of rotatable bonds is 2. The molecule has 0 saturated carbocycles. The van der Waals surface area contributed by atoms with Crippen LogP contribution in [0.3, 0.4) is 0 Å².